The van der Waals surface area contributed by atoms with Crippen LogP contribution in [0.5, 0.6) is 0 Å². The van der Waals surface area contributed by atoms with Crippen LogP contribution in [0.25, 0.3) is 0 Å². The van der Waals surface area contributed by atoms with Gasteiger partial charge in [-0.05, 0) is 12.1 Å². The van der Waals surface area contributed by atoms with E-state index in [1.165, 1.54) is 18.2 Å². The number of rotatable bonds is 3. The van der Waals surface area contributed by atoms with E-state index in [0.29, 0.717) is 39.1 Å². The number of carbonyl (C=O) groups excluding carboxylic acids is 1. The summed E-state index contributed by atoms with van der Waals surface area (Å²) in [6.07, 6.45) is -3.20. The zero-order valence-corrected chi connectivity index (χ0v) is 13.1. The summed E-state index contributed by atoms with van der Waals surface area (Å²) in [4.78, 5) is 14.0. The van der Waals surface area contributed by atoms with E-state index in [-0.39, 0.29) is 12.2 Å². The maximum absolute atomic E-state index is 12.9. The number of amides is 1. The molecule has 2 aliphatic heterocycles. The van der Waals surface area contributed by atoms with Gasteiger partial charge in [0.05, 0.1) is 31.0 Å². The van der Waals surface area contributed by atoms with Crippen molar-refractivity contribution in [1.29, 1.82) is 0 Å². The lowest BCUT2D eigenvalue weighted by atomic mass is 10.0. The third-order valence-electron chi connectivity index (χ3n) is 4.31. The summed E-state index contributed by atoms with van der Waals surface area (Å²) in [5.74, 6) is -0.994. The molecule has 0 aliphatic carbocycles. The summed E-state index contributed by atoms with van der Waals surface area (Å²) < 4.78 is 50.0. The molecule has 3 rings (SSSR count). The van der Waals surface area contributed by atoms with Gasteiger partial charge in [-0.2, -0.15) is 13.2 Å². The SMILES string of the molecule is O=C(CN1CCC2(CC1)OCCO2)Nc1ccccc1C(F)(F)F. The molecular formula is C16H19F3N2O3. The van der Waals surface area contributed by atoms with Crippen LogP contribution < -0.4 is 5.32 Å². The molecule has 24 heavy (non-hydrogen) atoms. The molecule has 132 valence electrons. The van der Waals surface area contributed by atoms with Crippen molar-refractivity contribution in [2.24, 2.45) is 0 Å². The lowest BCUT2D eigenvalue weighted by Gasteiger charge is -2.37. The fourth-order valence-electron chi connectivity index (χ4n) is 3.07. The smallest absolute Gasteiger partial charge is 0.347 e. The summed E-state index contributed by atoms with van der Waals surface area (Å²) in [5, 5.41) is 2.36. The van der Waals surface area contributed by atoms with Crippen molar-refractivity contribution in [1.82, 2.24) is 4.90 Å². The van der Waals surface area contributed by atoms with Gasteiger partial charge in [0.2, 0.25) is 5.91 Å². The second-order valence-electron chi connectivity index (χ2n) is 5.98. The molecule has 0 radical (unpaired) electrons. The molecule has 8 heteroatoms. The van der Waals surface area contributed by atoms with E-state index in [1.807, 2.05) is 4.90 Å². The van der Waals surface area contributed by atoms with Crippen LogP contribution in [-0.2, 0) is 20.4 Å². The summed E-state index contributed by atoms with van der Waals surface area (Å²) in [5.41, 5.74) is -1.06. The summed E-state index contributed by atoms with van der Waals surface area (Å²) in [6, 6.07) is 4.97. The van der Waals surface area contributed by atoms with Crippen LogP contribution in [0.2, 0.25) is 0 Å². The Morgan fingerprint density at radius 2 is 1.79 bits per heavy atom. The third-order valence-corrected chi connectivity index (χ3v) is 4.31. The molecule has 1 spiro atoms. The maximum atomic E-state index is 12.9. The molecule has 5 nitrogen and oxygen atoms in total. The zero-order chi connectivity index (χ0) is 17.2. The third kappa shape index (κ3) is 3.88. The molecule has 2 saturated heterocycles. The first-order valence-corrected chi connectivity index (χ1v) is 7.84. The van der Waals surface area contributed by atoms with Crippen LogP contribution in [0, 0.1) is 0 Å². The van der Waals surface area contributed by atoms with E-state index in [0.717, 1.165) is 6.07 Å². The van der Waals surface area contributed by atoms with Crippen LogP contribution in [-0.4, -0.2) is 49.4 Å². The van der Waals surface area contributed by atoms with Crippen molar-refractivity contribution in [3.63, 3.8) is 0 Å². The van der Waals surface area contributed by atoms with Gasteiger partial charge in [-0.3, -0.25) is 9.69 Å². The zero-order valence-electron chi connectivity index (χ0n) is 13.1. The van der Waals surface area contributed by atoms with E-state index in [2.05, 4.69) is 5.32 Å². The average molecular weight is 344 g/mol. The Labute approximate surface area is 137 Å². The fraction of sp³-hybridized carbons (Fsp3) is 0.562. The molecule has 1 aromatic carbocycles. The van der Waals surface area contributed by atoms with Crippen molar-refractivity contribution < 1.29 is 27.4 Å². The van der Waals surface area contributed by atoms with Gasteiger partial charge in [0.25, 0.3) is 0 Å². The van der Waals surface area contributed by atoms with Gasteiger partial charge in [-0.15, -0.1) is 0 Å². The van der Waals surface area contributed by atoms with E-state index < -0.39 is 23.4 Å². The number of nitrogens with one attached hydrogen (secondary N) is 1. The monoisotopic (exact) mass is 344 g/mol. The second-order valence-corrected chi connectivity index (χ2v) is 5.98. The fourth-order valence-corrected chi connectivity index (χ4v) is 3.07. The first-order chi connectivity index (χ1) is 11.4. The highest BCUT2D eigenvalue weighted by Gasteiger charge is 2.40. The molecule has 0 saturated carbocycles. The van der Waals surface area contributed by atoms with Crippen molar-refractivity contribution in [2.45, 2.75) is 24.8 Å². The van der Waals surface area contributed by atoms with Gasteiger partial charge in [0.15, 0.2) is 5.79 Å². The predicted molar refractivity (Wildman–Crippen MR) is 80.4 cm³/mol. The molecule has 2 heterocycles. The van der Waals surface area contributed by atoms with Crippen LogP contribution in [0.15, 0.2) is 24.3 Å². The first kappa shape index (κ1) is 17.2. The highest BCUT2D eigenvalue weighted by atomic mass is 19.4. The molecule has 0 bridgehead atoms. The second kappa shape index (κ2) is 6.70. The molecular weight excluding hydrogens is 325 g/mol. The van der Waals surface area contributed by atoms with Crippen molar-refractivity contribution in [3.05, 3.63) is 29.8 Å². The minimum absolute atomic E-state index is 0.0439. The topological polar surface area (TPSA) is 50.8 Å². The Balaban J connectivity index is 1.55. The van der Waals surface area contributed by atoms with Gasteiger partial charge in [0.1, 0.15) is 0 Å². The van der Waals surface area contributed by atoms with Gasteiger partial charge in [-0.1, -0.05) is 12.1 Å². The van der Waals surface area contributed by atoms with Crippen LogP contribution >= 0.6 is 0 Å². The molecule has 1 N–H and O–H groups in total. The van der Waals surface area contributed by atoms with Crippen LogP contribution in [0.3, 0.4) is 0 Å². The van der Waals surface area contributed by atoms with Gasteiger partial charge < -0.3 is 14.8 Å². The minimum atomic E-state index is -4.50. The average Bonchev–Trinajstić information content (AvgIpc) is 2.98. The number of anilines is 1. The maximum Gasteiger partial charge on any atom is 0.418 e. The molecule has 0 aromatic heterocycles. The Morgan fingerprint density at radius 1 is 1.17 bits per heavy atom. The molecule has 1 amide bonds. The van der Waals surface area contributed by atoms with Gasteiger partial charge in [0, 0.05) is 25.9 Å². The number of hydrogen-bond donors (Lipinski definition) is 1. The van der Waals surface area contributed by atoms with Crippen molar-refractivity contribution in [3.8, 4) is 0 Å². The number of alkyl halides is 3. The number of likely N-dealkylation sites (tertiary alicyclic amines) is 1. The molecule has 0 unspecified atom stereocenters. The largest absolute Gasteiger partial charge is 0.418 e. The van der Waals surface area contributed by atoms with Gasteiger partial charge >= 0.3 is 6.18 Å². The summed E-state index contributed by atoms with van der Waals surface area (Å²) in [7, 11) is 0. The van der Waals surface area contributed by atoms with Gasteiger partial charge in [-0.25, -0.2) is 0 Å². The number of ether oxygens (including phenoxy) is 2. The predicted octanol–water partition coefficient (Wildman–Crippen LogP) is 2.48. The van der Waals surface area contributed by atoms with Crippen molar-refractivity contribution >= 4 is 11.6 Å². The standard InChI is InChI=1S/C16H19F3N2O3/c17-16(18,19)12-3-1-2-4-13(12)20-14(22)11-21-7-5-15(6-8-21)23-9-10-24-15/h1-4H,5-11H2,(H,20,22). The lowest BCUT2D eigenvalue weighted by molar-refractivity contribution is -0.185. The van der Waals surface area contributed by atoms with E-state index in [9.17, 15) is 18.0 Å². The number of nitrogens with zero attached hydrogens (tertiary/aromatic N) is 1. The first-order valence-electron chi connectivity index (χ1n) is 7.84. The number of piperidine rings is 1. The molecule has 0 atom stereocenters. The Morgan fingerprint density at radius 3 is 2.42 bits per heavy atom. The van der Waals surface area contributed by atoms with Crippen LogP contribution in [0.4, 0.5) is 18.9 Å². The molecule has 2 fully saturated rings. The highest BCUT2D eigenvalue weighted by Crippen LogP contribution is 2.35. The normalized spacial score (nSPS) is 21.1. The summed E-state index contributed by atoms with van der Waals surface area (Å²) in [6.45, 7) is 2.41. The van der Waals surface area contributed by atoms with Crippen LogP contribution in [0.1, 0.15) is 18.4 Å². The number of benzene rings is 1. The van der Waals surface area contributed by atoms with E-state index in [1.54, 1.807) is 0 Å². The Bertz CT molecular complexity index is 590. The van der Waals surface area contributed by atoms with E-state index in [4.69, 9.17) is 9.47 Å². The lowest BCUT2D eigenvalue weighted by Crippen LogP contribution is -2.47. The van der Waals surface area contributed by atoms with Crippen molar-refractivity contribution in [2.75, 3.05) is 38.2 Å². The molecule has 2 aliphatic rings. The molecule has 1 aromatic rings. The number of para-hydroxylation sites is 1. The summed E-state index contributed by atoms with van der Waals surface area (Å²) >= 11 is 0. The quantitative estimate of drug-likeness (QED) is 0.915. The number of hydrogen-bond acceptors (Lipinski definition) is 4. The Kier molecular flexibility index (Phi) is 4.80. The highest BCUT2D eigenvalue weighted by molar-refractivity contribution is 5.93. The minimum Gasteiger partial charge on any atom is -0.347 e. The Hall–Kier alpha value is -1.64. The number of carbonyl (C=O) groups is 1. The van der Waals surface area contributed by atoms with E-state index >= 15 is 0 Å². The number of halogens is 3.